The lowest BCUT2D eigenvalue weighted by atomic mass is 10.3. The molecular formula is C9H6N2O3S. The zero-order valence-corrected chi connectivity index (χ0v) is 8.23. The van der Waals surface area contributed by atoms with E-state index in [2.05, 4.69) is 9.97 Å². The van der Waals surface area contributed by atoms with Crippen molar-refractivity contribution in [3.8, 4) is 16.5 Å². The molecular weight excluding hydrogens is 216 g/mol. The minimum Gasteiger partial charge on any atom is -0.506 e. The Balaban J connectivity index is 2.46. The number of hydrogen-bond donors (Lipinski definition) is 2. The number of aromatic hydroxyl groups is 1. The van der Waals surface area contributed by atoms with Gasteiger partial charge in [-0.05, 0) is 12.1 Å². The maximum Gasteiger partial charge on any atom is 0.355 e. The van der Waals surface area contributed by atoms with E-state index >= 15 is 0 Å². The molecule has 76 valence electrons. The van der Waals surface area contributed by atoms with Crippen LogP contribution in [0.15, 0.2) is 23.7 Å². The molecule has 0 saturated carbocycles. The van der Waals surface area contributed by atoms with Gasteiger partial charge >= 0.3 is 5.97 Å². The highest BCUT2D eigenvalue weighted by atomic mass is 32.1. The molecule has 5 nitrogen and oxygen atoms in total. The van der Waals surface area contributed by atoms with E-state index in [9.17, 15) is 9.90 Å². The van der Waals surface area contributed by atoms with Crippen molar-refractivity contribution in [1.82, 2.24) is 9.97 Å². The molecule has 15 heavy (non-hydrogen) atoms. The largest absolute Gasteiger partial charge is 0.506 e. The topological polar surface area (TPSA) is 83.3 Å². The maximum atomic E-state index is 10.6. The number of aromatic nitrogens is 2. The summed E-state index contributed by atoms with van der Waals surface area (Å²) in [4.78, 5) is 18.4. The van der Waals surface area contributed by atoms with Crippen molar-refractivity contribution >= 4 is 17.3 Å². The number of carboxylic acid groups (broad SMARTS) is 1. The van der Waals surface area contributed by atoms with Crippen LogP contribution in [0.2, 0.25) is 0 Å². The lowest BCUT2D eigenvalue weighted by Gasteiger charge is -1.97. The fourth-order valence-corrected chi connectivity index (χ4v) is 1.84. The summed E-state index contributed by atoms with van der Waals surface area (Å²) >= 11 is 1.13. The van der Waals surface area contributed by atoms with Crippen molar-refractivity contribution in [2.24, 2.45) is 0 Å². The van der Waals surface area contributed by atoms with Crippen LogP contribution in [0, 0.1) is 0 Å². The SMILES string of the molecule is O=C(O)c1csc(-c2ncccc2O)n1. The van der Waals surface area contributed by atoms with Gasteiger partial charge in [-0.2, -0.15) is 0 Å². The normalized spacial score (nSPS) is 10.1. The number of carbonyl (C=O) groups is 1. The molecule has 0 amide bonds. The molecule has 2 N–H and O–H groups in total. The standard InChI is InChI=1S/C9H6N2O3S/c12-6-2-1-3-10-7(6)8-11-5(4-15-8)9(13)14/h1-4,12H,(H,13,14). The molecule has 6 heteroatoms. The van der Waals surface area contributed by atoms with Gasteiger partial charge in [-0.25, -0.2) is 14.8 Å². The van der Waals surface area contributed by atoms with Gasteiger partial charge < -0.3 is 10.2 Å². The molecule has 2 heterocycles. The van der Waals surface area contributed by atoms with Gasteiger partial charge in [-0.3, -0.25) is 0 Å². The van der Waals surface area contributed by atoms with Crippen LogP contribution in [0.25, 0.3) is 10.7 Å². The molecule has 0 fully saturated rings. The van der Waals surface area contributed by atoms with E-state index in [4.69, 9.17) is 5.11 Å². The summed E-state index contributed by atoms with van der Waals surface area (Å²) in [5, 5.41) is 19.9. The van der Waals surface area contributed by atoms with Crippen LogP contribution in [-0.4, -0.2) is 26.2 Å². The average molecular weight is 222 g/mol. The van der Waals surface area contributed by atoms with Crippen LogP contribution in [0.3, 0.4) is 0 Å². The van der Waals surface area contributed by atoms with Crippen LogP contribution >= 0.6 is 11.3 Å². The predicted octanol–water partition coefficient (Wildman–Crippen LogP) is 1.61. The minimum absolute atomic E-state index is 0.0104. The van der Waals surface area contributed by atoms with Crippen molar-refractivity contribution in [3.63, 3.8) is 0 Å². The van der Waals surface area contributed by atoms with Crippen LogP contribution in [0.5, 0.6) is 5.75 Å². The molecule has 0 aliphatic carbocycles. The van der Waals surface area contributed by atoms with Gasteiger partial charge in [0.05, 0.1) is 0 Å². The van der Waals surface area contributed by atoms with Gasteiger partial charge in [-0.15, -0.1) is 11.3 Å². The second-order valence-electron chi connectivity index (χ2n) is 2.71. The Morgan fingerprint density at radius 3 is 2.87 bits per heavy atom. The van der Waals surface area contributed by atoms with E-state index in [0.717, 1.165) is 11.3 Å². The summed E-state index contributed by atoms with van der Waals surface area (Å²) in [5.74, 6) is -1.10. The molecule has 0 aliphatic heterocycles. The van der Waals surface area contributed by atoms with Gasteiger partial charge in [0.1, 0.15) is 16.5 Å². The lowest BCUT2D eigenvalue weighted by Crippen LogP contribution is -1.95. The summed E-state index contributed by atoms with van der Waals surface area (Å²) in [6, 6.07) is 3.06. The van der Waals surface area contributed by atoms with E-state index in [1.165, 1.54) is 17.6 Å². The molecule has 2 rings (SSSR count). The van der Waals surface area contributed by atoms with Crippen LogP contribution in [0.4, 0.5) is 0 Å². The first kappa shape index (κ1) is 9.60. The molecule has 0 unspecified atom stereocenters. The Bertz CT molecular complexity index is 510. The number of thiazole rings is 1. The third-order valence-electron chi connectivity index (χ3n) is 1.71. The molecule has 0 aromatic carbocycles. The van der Waals surface area contributed by atoms with E-state index in [0.29, 0.717) is 10.7 Å². The summed E-state index contributed by atoms with van der Waals surface area (Å²) in [6.45, 7) is 0. The Morgan fingerprint density at radius 1 is 1.47 bits per heavy atom. The number of aromatic carboxylic acids is 1. The molecule has 0 aliphatic rings. The van der Waals surface area contributed by atoms with Crippen LogP contribution in [0.1, 0.15) is 10.5 Å². The fraction of sp³-hybridized carbons (Fsp3) is 0. The zero-order chi connectivity index (χ0) is 10.8. The van der Waals surface area contributed by atoms with E-state index in [1.54, 1.807) is 6.07 Å². The Kier molecular flexibility index (Phi) is 2.34. The molecule has 0 radical (unpaired) electrons. The smallest absolute Gasteiger partial charge is 0.355 e. The van der Waals surface area contributed by atoms with E-state index < -0.39 is 5.97 Å². The lowest BCUT2D eigenvalue weighted by molar-refractivity contribution is 0.0691. The fourth-order valence-electron chi connectivity index (χ4n) is 1.04. The van der Waals surface area contributed by atoms with E-state index in [1.807, 2.05) is 0 Å². The first-order valence-electron chi connectivity index (χ1n) is 4.01. The molecule has 2 aromatic rings. The van der Waals surface area contributed by atoms with Crippen LogP contribution < -0.4 is 0 Å². The number of hydrogen-bond acceptors (Lipinski definition) is 5. The summed E-state index contributed by atoms with van der Waals surface area (Å²) in [7, 11) is 0. The number of carboxylic acids is 1. The molecule has 0 atom stereocenters. The van der Waals surface area contributed by atoms with Crippen molar-refractivity contribution in [1.29, 1.82) is 0 Å². The third kappa shape index (κ3) is 1.79. The third-order valence-corrected chi connectivity index (χ3v) is 2.56. The summed E-state index contributed by atoms with van der Waals surface area (Å²) in [5.41, 5.74) is 0.259. The minimum atomic E-state index is -1.09. The molecule has 0 spiro atoms. The van der Waals surface area contributed by atoms with Crippen LogP contribution in [-0.2, 0) is 0 Å². The molecule has 0 saturated heterocycles. The first-order chi connectivity index (χ1) is 7.18. The predicted molar refractivity (Wildman–Crippen MR) is 54.0 cm³/mol. The number of nitrogens with zero attached hydrogens (tertiary/aromatic N) is 2. The van der Waals surface area contributed by atoms with Crippen molar-refractivity contribution in [3.05, 3.63) is 29.4 Å². The second kappa shape index (κ2) is 3.66. The highest BCUT2D eigenvalue weighted by Gasteiger charge is 2.13. The van der Waals surface area contributed by atoms with Gasteiger partial charge in [0.15, 0.2) is 5.69 Å². The highest BCUT2D eigenvalue weighted by molar-refractivity contribution is 7.13. The van der Waals surface area contributed by atoms with Gasteiger partial charge in [-0.1, -0.05) is 0 Å². The van der Waals surface area contributed by atoms with Crippen molar-refractivity contribution in [2.45, 2.75) is 0 Å². The van der Waals surface area contributed by atoms with Gasteiger partial charge in [0, 0.05) is 11.6 Å². The number of pyridine rings is 1. The monoisotopic (exact) mass is 222 g/mol. The summed E-state index contributed by atoms with van der Waals surface area (Å²) in [6.07, 6.45) is 1.51. The van der Waals surface area contributed by atoms with E-state index in [-0.39, 0.29) is 11.4 Å². The quantitative estimate of drug-likeness (QED) is 0.806. The van der Waals surface area contributed by atoms with Gasteiger partial charge in [0.2, 0.25) is 0 Å². The highest BCUT2D eigenvalue weighted by Crippen LogP contribution is 2.28. The second-order valence-corrected chi connectivity index (χ2v) is 3.57. The van der Waals surface area contributed by atoms with Crippen molar-refractivity contribution in [2.75, 3.05) is 0 Å². The first-order valence-corrected chi connectivity index (χ1v) is 4.89. The average Bonchev–Trinajstić information content (AvgIpc) is 2.67. The van der Waals surface area contributed by atoms with Gasteiger partial charge in [0.25, 0.3) is 0 Å². The molecule has 2 aromatic heterocycles. The molecule has 0 bridgehead atoms. The zero-order valence-electron chi connectivity index (χ0n) is 7.41. The maximum absolute atomic E-state index is 10.6. The Morgan fingerprint density at radius 2 is 2.27 bits per heavy atom. The Labute approximate surface area is 88.7 Å². The Hall–Kier alpha value is -1.95. The van der Waals surface area contributed by atoms with Crippen molar-refractivity contribution < 1.29 is 15.0 Å². The number of rotatable bonds is 2. The summed E-state index contributed by atoms with van der Waals surface area (Å²) < 4.78 is 0.